The molecule has 2 aromatic rings. The standard InChI is InChI=1S/C17H23N3/c1-2-11-18-13-15-7-5-12-20(15)17-10-9-14-6-3-4-8-16(14)19-17/h3-4,6,8-10,15,18H,2,5,7,11-13H2,1H3. The first-order chi connectivity index (χ1) is 9.88. The molecule has 1 N–H and O–H groups in total. The summed E-state index contributed by atoms with van der Waals surface area (Å²) in [5, 5.41) is 4.76. The van der Waals surface area contributed by atoms with Gasteiger partial charge in [-0.25, -0.2) is 4.98 Å². The molecule has 1 fully saturated rings. The minimum atomic E-state index is 0.593. The second kappa shape index (κ2) is 6.23. The van der Waals surface area contributed by atoms with Crippen LogP contribution in [-0.4, -0.2) is 30.7 Å². The number of anilines is 1. The van der Waals surface area contributed by atoms with Crippen molar-refractivity contribution < 1.29 is 0 Å². The van der Waals surface area contributed by atoms with Gasteiger partial charge in [-0.3, -0.25) is 0 Å². The van der Waals surface area contributed by atoms with Crippen LogP contribution in [0.1, 0.15) is 26.2 Å². The second-order valence-electron chi connectivity index (χ2n) is 5.56. The molecule has 0 bridgehead atoms. The van der Waals surface area contributed by atoms with Crippen LogP contribution in [0.2, 0.25) is 0 Å². The number of aromatic nitrogens is 1. The number of fused-ring (bicyclic) bond motifs is 1. The Morgan fingerprint density at radius 1 is 1.25 bits per heavy atom. The maximum Gasteiger partial charge on any atom is 0.129 e. The Labute approximate surface area is 121 Å². The van der Waals surface area contributed by atoms with E-state index in [1.807, 2.05) is 0 Å². The quantitative estimate of drug-likeness (QED) is 0.845. The molecule has 1 aromatic carbocycles. The highest BCUT2D eigenvalue weighted by Gasteiger charge is 2.25. The first-order valence-corrected chi connectivity index (χ1v) is 7.71. The monoisotopic (exact) mass is 269 g/mol. The third-order valence-electron chi connectivity index (χ3n) is 4.06. The molecule has 3 nitrogen and oxygen atoms in total. The third kappa shape index (κ3) is 2.78. The minimum absolute atomic E-state index is 0.593. The molecular weight excluding hydrogens is 246 g/mol. The van der Waals surface area contributed by atoms with E-state index < -0.39 is 0 Å². The molecule has 106 valence electrons. The van der Waals surface area contributed by atoms with Crippen LogP contribution in [-0.2, 0) is 0 Å². The van der Waals surface area contributed by atoms with E-state index in [2.05, 4.69) is 53.5 Å². The van der Waals surface area contributed by atoms with Crippen LogP contribution in [0.15, 0.2) is 36.4 Å². The lowest BCUT2D eigenvalue weighted by atomic mass is 10.2. The molecule has 1 aliphatic heterocycles. The predicted molar refractivity (Wildman–Crippen MR) is 85.3 cm³/mol. The topological polar surface area (TPSA) is 28.2 Å². The van der Waals surface area contributed by atoms with Gasteiger partial charge in [0.25, 0.3) is 0 Å². The molecule has 2 heterocycles. The summed E-state index contributed by atoms with van der Waals surface area (Å²) in [6.45, 7) is 5.52. The fourth-order valence-corrected chi connectivity index (χ4v) is 3.01. The highest BCUT2D eigenvalue weighted by atomic mass is 15.2. The van der Waals surface area contributed by atoms with Crippen LogP contribution < -0.4 is 10.2 Å². The van der Waals surface area contributed by atoms with E-state index in [0.717, 1.165) is 31.0 Å². The van der Waals surface area contributed by atoms with E-state index in [1.165, 1.54) is 24.6 Å². The summed E-state index contributed by atoms with van der Waals surface area (Å²) in [5.41, 5.74) is 1.09. The molecule has 1 aliphatic rings. The van der Waals surface area contributed by atoms with Crippen LogP contribution in [0.4, 0.5) is 5.82 Å². The number of hydrogen-bond donors (Lipinski definition) is 1. The van der Waals surface area contributed by atoms with Gasteiger partial charge in [-0.1, -0.05) is 25.1 Å². The average molecular weight is 269 g/mol. The van der Waals surface area contributed by atoms with E-state index in [-0.39, 0.29) is 0 Å². The molecule has 0 radical (unpaired) electrons. The van der Waals surface area contributed by atoms with E-state index in [9.17, 15) is 0 Å². The lowest BCUT2D eigenvalue weighted by Gasteiger charge is -2.26. The molecule has 0 spiro atoms. The highest BCUT2D eigenvalue weighted by molar-refractivity contribution is 5.80. The van der Waals surface area contributed by atoms with Crippen molar-refractivity contribution in [3.05, 3.63) is 36.4 Å². The van der Waals surface area contributed by atoms with Crippen molar-refractivity contribution in [1.29, 1.82) is 0 Å². The van der Waals surface area contributed by atoms with Gasteiger partial charge in [-0.05, 0) is 44.0 Å². The van der Waals surface area contributed by atoms with Gasteiger partial charge >= 0.3 is 0 Å². The Hall–Kier alpha value is -1.61. The van der Waals surface area contributed by atoms with Gasteiger partial charge in [0.05, 0.1) is 5.52 Å². The number of rotatable bonds is 5. The van der Waals surface area contributed by atoms with Crippen LogP contribution in [0.5, 0.6) is 0 Å². The van der Waals surface area contributed by atoms with E-state index in [4.69, 9.17) is 4.98 Å². The van der Waals surface area contributed by atoms with Crippen LogP contribution in [0, 0.1) is 0 Å². The van der Waals surface area contributed by atoms with E-state index in [0.29, 0.717) is 6.04 Å². The number of para-hydroxylation sites is 1. The summed E-state index contributed by atoms with van der Waals surface area (Å²) in [5.74, 6) is 1.13. The summed E-state index contributed by atoms with van der Waals surface area (Å²) < 4.78 is 0. The van der Waals surface area contributed by atoms with Crippen molar-refractivity contribution >= 4 is 16.7 Å². The van der Waals surface area contributed by atoms with E-state index in [1.54, 1.807) is 0 Å². The van der Waals surface area contributed by atoms with Crippen molar-refractivity contribution in [2.24, 2.45) is 0 Å². The van der Waals surface area contributed by atoms with Gasteiger partial charge in [0.1, 0.15) is 5.82 Å². The lowest BCUT2D eigenvalue weighted by Crippen LogP contribution is -2.38. The van der Waals surface area contributed by atoms with Gasteiger partial charge < -0.3 is 10.2 Å². The molecule has 3 heteroatoms. The Bertz CT molecular complexity index is 567. The fourth-order valence-electron chi connectivity index (χ4n) is 3.01. The zero-order chi connectivity index (χ0) is 13.8. The number of nitrogens with zero attached hydrogens (tertiary/aromatic N) is 2. The summed E-state index contributed by atoms with van der Waals surface area (Å²) in [6.07, 6.45) is 3.74. The maximum atomic E-state index is 4.83. The summed E-state index contributed by atoms with van der Waals surface area (Å²) >= 11 is 0. The minimum Gasteiger partial charge on any atom is -0.352 e. The second-order valence-corrected chi connectivity index (χ2v) is 5.56. The first-order valence-electron chi connectivity index (χ1n) is 7.71. The van der Waals surface area contributed by atoms with Crippen LogP contribution in [0.3, 0.4) is 0 Å². The number of benzene rings is 1. The largest absolute Gasteiger partial charge is 0.352 e. The zero-order valence-corrected chi connectivity index (χ0v) is 12.2. The molecule has 3 rings (SSSR count). The van der Waals surface area contributed by atoms with Crippen LogP contribution in [0.25, 0.3) is 10.9 Å². The lowest BCUT2D eigenvalue weighted by molar-refractivity contribution is 0.569. The van der Waals surface area contributed by atoms with Gasteiger partial charge in [0.15, 0.2) is 0 Å². The number of nitrogens with one attached hydrogen (secondary N) is 1. The van der Waals surface area contributed by atoms with Crippen molar-refractivity contribution in [2.75, 3.05) is 24.5 Å². The summed E-state index contributed by atoms with van der Waals surface area (Å²) in [4.78, 5) is 7.30. The number of pyridine rings is 1. The normalized spacial score (nSPS) is 18.9. The Kier molecular flexibility index (Phi) is 4.16. The smallest absolute Gasteiger partial charge is 0.129 e. The molecule has 1 aromatic heterocycles. The Morgan fingerprint density at radius 3 is 3.05 bits per heavy atom. The fraction of sp³-hybridized carbons (Fsp3) is 0.471. The summed E-state index contributed by atoms with van der Waals surface area (Å²) in [7, 11) is 0. The molecule has 0 saturated carbocycles. The molecule has 1 unspecified atom stereocenters. The molecular formula is C17H23N3. The van der Waals surface area contributed by atoms with Crippen molar-refractivity contribution in [3.63, 3.8) is 0 Å². The maximum absolute atomic E-state index is 4.83. The third-order valence-corrected chi connectivity index (χ3v) is 4.06. The zero-order valence-electron chi connectivity index (χ0n) is 12.2. The van der Waals surface area contributed by atoms with E-state index >= 15 is 0 Å². The molecule has 0 amide bonds. The Balaban J connectivity index is 1.78. The first kappa shape index (κ1) is 13.4. The molecule has 1 saturated heterocycles. The SMILES string of the molecule is CCCNCC1CCCN1c1ccc2ccccc2n1. The summed E-state index contributed by atoms with van der Waals surface area (Å²) in [6, 6.07) is 13.3. The van der Waals surface area contributed by atoms with Crippen molar-refractivity contribution in [2.45, 2.75) is 32.2 Å². The highest BCUT2D eigenvalue weighted by Crippen LogP contribution is 2.25. The molecule has 1 atom stereocenters. The number of hydrogen-bond acceptors (Lipinski definition) is 3. The predicted octanol–water partition coefficient (Wildman–Crippen LogP) is 3.20. The average Bonchev–Trinajstić information content (AvgIpc) is 2.95. The van der Waals surface area contributed by atoms with Gasteiger partial charge in [-0.2, -0.15) is 0 Å². The van der Waals surface area contributed by atoms with Crippen molar-refractivity contribution in [1.82, 2.24) is 10.3 Å². The molecule has 0 aliphatic carbocycles. The van der Waals surface area contributed by atoms with Gasteiger partial charge in [-0.15, -0.1) is 0 Å². The van der Waals surface area contributed by atoms with Gasteiger partial charge in [0, 0.05) is 24.5 Å². The van der Waals surface area contributed by atoms with Gasteiger partial charge in [0.2, 0.25) is 0 Å². The van der Waals surface area contributed by atoms with Crippen molar-refractivity contribution in [3.8, 4) is 0 Å². The van der Waals surface area contributed by atoms with Crippen LogP contribution >= 0.6 is 0 Å². The Morgan fingerprint density at radius 2 is 2.15 bits per heavy atom. The molecule has 20 heavy (non-hydrogen) atoms.